The van der Waals surface area contributed by atoms with Crippen molar-refractivity contribution >= 4 is 33.6 Å². The van der Waals surface area contributed by atoms with Crippen LogP contribution in [0.3, 0.4) is 0 Å². The monoisotopic (exact) mass is 469 g/mol. The van der Waals surface area contributed by atoms with Crippen LogP contribution in [0.2, 0.25) is 0 Å². The molecule has 0 aliphatic rings. The zero-order valence-corrected chi connectivity index (χ0v) is 18.2. The highest BCUT2D eigenvalue weighted by atomic mass is 79.9. The van der Waals surface area contributed by atoms with Crippen molar-refractivity contribution in [1.82, 2.24) is 0 Å². The van der Waals surface area contributed by atoms with Crippen molar-refractivity contribution < 1.29 is 18.7 Å². The average Bonchev–Trinajstić information content (AvgIpc) is 2.72. The van der Waals surface area contributed by atoms with Crippen LogP contribution in [0.4, 0.5) is 10.1 Å². The van der Waals surface area contributed by atoms with Gasteiger partial charge >= 0.3 is 0 Å². The van der Waals surface area contributed by atoms with Gasteiger partial charge in [-0.1, -0.05) is 30.3 Å². The van der Waals surface area contributed by atoms with Crippen molar-refractivity contribution in [2.24, 2.45) is 0 Å². The quantitative estimate of drug-likeness (QED) is 0.423. The van der Waals surface area contributed by atoms with Crippen LogP contribution >= 0.6 is 15.9 Å². The molecule has 154 valence electrons. The Kier molecular flexibility index (Phi) is 7.25. The Morgan fingerprint density at radius 2 is 1.93 bits per heavy atom. The number of halogens is 2. The third-order valence-corrected chi connectivity index (χ3v) is 4.88. The smallest absolute Gasteiger partial charge is 0.248 e. The third-order valence-electron chi connectivity index (χ3n) is 4.29. The van der Waals surface area contributed by atoms with E-state index in [0.717, 1.165) is 16.8 Å². The van der Waals surface area contributed by atoms with Gasteiger partial charge in [0.2, 0.25) is 5.91 Å². The van der Waals surface area contributed by atoms with Gasteiger partial charge in [0.1, 0.15) is 12.4 Å². The lowest BCUT2D eigenvalue weighted by molar-refractivity contribution is -0.111. The predicted octanol–water partition coefficient (Wildman–Crippen LogP) is 6.14. The summed E-state index contributed by atoms with van der Waals surface area (Å²) in [7, 11) is 1.52. The second kappa shape index (κ2) is 10.1. The minimum absolute atomic E-state index is 0.0652. The number of aryl methyl sites for hydroxylation is 1. The maximum atomic E-state index is 13.8. The molecule has 0 bridgehead atoms. The van der Waals surface area contributed by atoms with Crippen molar-refractivity contribution in [3.8, 4) is 11.5 Å². The van der Waals surface area contributed by atoms with Crippen molar-refractivity contribution in [2.75, 3.05) is 12.4 Å². The highest BCUT2D eigenvalue weighted by Crippen LogP contribution is 2.37. The van der Waals surface area contributed by atoms with E-state index in [1.807, 2.05) is 31.2 Å². The van der Waals surface area contributed by atoms with Crippen LogP contribution in [0, 0.1) is 12.7 Å². The van der Waals surface area contributed by atoms with E-state index in [0.29, 0.717) is 21.5 Å². The third kappa shape index (κ3) is 5.70. The minimum atomic E-state index is -0.327. The molecule has 0 saturated carbocycles. The van der Waals surface area contributed by atoms with Gasteiger partial charge < -0.3 is 14.8 Å². The molecule has 0 radical (unpaired) electrons. The lowest BCUT2D eigenvalue weighted by Crippen LogP contribution is -2.07. The number of hydrogen-bond donors (Lipinski definition) is 1. The summed E-state index contributed by atoms with van der Waals surface area (Å²) >= 11 is 3.47. The van der Waals surface area contributed by atoms with E-state index in [1.54, 1.807) is 36.4 Å². The fraction of sp³-hybridized carbons (Fsp3) is 0.125. The SMILES string of the molecule is COc1cc(/C=C/C(=O)Nc2cccc(C)c2)cc(Br)c1OCc1ccccc1F. The van der Waals surface area contributed by atoms with Crippen LogP contribution in [0.1, 0.15) is 16.7 Å². The van der Waals surface area contributed by atoms with Crippen LogP contribution in [-0.2, 0) is 11.4 Å². The van der Waals surface area contributed by atoms with Gasteiger partial charge in [-0.05, 0) is 70.4 Å². The molecule has 3 aromatic rings. The number of anilines is 1. The molecule has 3 aromatic carbocycles. The number of rotatable bonds is 7. The van der Waals surface area contributed by atoms with Crippen molar-refractivity contribution in [3.63, 3.8) is 0 Å². The molecule has 0 spiro atoms. The second-order valence-corrected chi connectivity index (χ2v) is 7.46. The number of methoxy groups -OCH3 is 1. The molecule has 0 fully saturated rings. The molecule has 0 unspecified atom stereocenters. The van der Waals surface area contributed by atoms with Crippen molar-refractivity contribution in [2.45, 2.75) is 13.5 Å². The summed E-state index contributed by atoms with van der Waals surface area (Å²) in [5.41, 5.74) is 3.00. The Morgan fingerprint density at radius 1 is 1.13 bits per heavy atom. The highest BCUT2D eigenvalue weighted by Gasteiger charge is 2.12. The second-order valence-electron chi connectivity index (χ2n) is 6.61. The number of nitrogens with one attached hydrogen (secondary N) is 1. The molecule has 1 N–H and O–H groups in total. The molecule has 0 aliphatic carbocycles. The number of benzene rings is 3. The summed E-state index contributed by atoms with van der Waals surface area (Å²) in [6.45, 7) is 2.03. The molecule has 0 aliphatic heterocycles. The standard InChI is InChI=1S/C24H21BrFNO3/c1-16-6-5-8-19(12-16)27-23(28)11-10-17-13-20(25)24(22(14-17)29-2)30-15-18-7-3-4-9-21(18)26/h3-14H,15H2,1-2H3,(H,27,28)/b11-10+. The molecule has 0 aromatic heterocycles. The molecular formula is C24H21BrFNO3. The molecule has 0 saturated heterocycles. The lowest BCUT2D eigenvalue weighted by atomic mass is 10.1. The Morgan fingerprint density at radius 3 is 2.67 bits per heavy atom. The van der Waals surface area contributed by atoms with E-state index in [9.17, 15) is 9.18 Å². The molecule has 0 atom stereocenters. The van der Waals surface area contributed by atoms with Crippen molar-refractivity contribution in [1.29, 1.82) is 0 Å². The molecule has 6 heteroatoms. The number of carbonyl (C=O) groups is 1. The van der Waals surface area contributed by atoms with E-state index in [4.69, 9.17) is 9.47 Å². The summed E-state index contributed by atoms with van der Waals surface area (Å²) in [5, 5.41) is 2.82. The van der Waals surface area contributed by atoms with E-state index in [1.165, 1.54) is 19.3 Å². The first-order chi connectivity index (χ1) is 14.5. The summed E-state index contributed by atoms with van der Waals surface area (Å²) in [6.07, 6.45) is 3.13. The molecular weight excluding hydrogens is 449 g/mol. The van der Waals surface area contributed by atoms with Gasteiger partial charge in [0.15, 0.2) is 11.5 Å². The van der Waals surface area contributed by atoms with E-state index in [2.05, 4.69) is 21.2 Å². The number of carbonyl (C=O) groups excluding carboxylic acids is 1. The van der Waals surface area contributed by atoms with Gasteiger partial charge in [0.05, 0.1) is 11.6 Å². The van der Waals surface area contributed by atoms with E-state index < -0.39 is 0 Å². The average molecular weight is 470 g/mol. The Labute approximate surface area is 183 Å². The molecule has 30 heavy (non-hydrogen) atoms. The fourth-order valence-electron chi connectivity index (χ4n) is 2.82. The van der Waals surface area contributed by atoms with Gasteiger partial charge in [0.25, 0.3) is 0 Å². The highest BCUT2D eigenvalue weighted by molar-refractivity contribution is 9.10. The summed E-state index contributed by atoms with van der Waals surface area (Å²) < 4.78 is 25.7. The van der Waals surface area contributed by atoms with Crippen LogP contribution < -0.4 is 14.8 Å². The number of ether oxygens (including phenoxy) is 2. The van der Waals surface area contributed by atoms with Gasteiger partial charge in [-0.2, -0.15) is 0 Å². The van der Waals surface area contributed by atoms with E-state index >= 15 is 0 Å². The predicted molar refractivity (Wildman–Crippen MR) is 120 cm³/mol. The molecule has 4 nitrogen and oxygen atoms in total. The van der Waals surface area contributed by atoms with Crippen LogP contribution in [-0.4, -0.2) is 13.0 Å². The van der Waals surface area contributed by atoms with Crippen LogP contribution in [0.5, 0.6) is 11.5 Å². The van der Waals surface area contributed by atoms with Gasteiger partial charge in [0, 0.05) is 17.3 Å². The Balaban J connectivity index is 1.72. The van der Waals surface area contributed by atoms with Crippen LogP contribution in [0.25, 0.3) is 6.08 Å². The zero-order valence-electron chi connectivity index (χ0n) is 16.6. The lowest BCUT2D eigenvalue weighted by Gasteiger charge is -2.14. The van der Waals surface area contributed by atoms with Gasteiger partial charge in [-0.3, -0.25) is 4.79 Å². The van der Waals surface area contributed by atoms with Crippen molar-refractivity contribution in [3.05, 3.63) is 93.7 Å². The molecule has 0 heterocycles. The van der Waals surface area contributed by atoms with E-state index in [-0.39, 0.29) is 18.3 Å². The fourth-order valence-corrected chi connectivity index (χ4v) is 3.39. The zero-order chi connectivity index (χ0) is 21.5. The summed E-state index contributed by atoms with van der Waals surface area (Å²) in [5.74, 6) is 0.365. The summed E-state index contributed by atoms with van der Waals surface area (Å²) in [6, 6.07) is 17.6. The maximum Gasteiger partial charge on any atom is 0.248 e. The first kappa shape index (κ1) is 21.6. The normalized spacial score (nSPS) is 10.8. The Hall–Kier alpha value is -3.12. The maximum absolute atomic E-state index is 13.8. The largest absolute Gasteiger partial charge is 0.493 e. The van der Waals surface area contributed by atoms with Gasteiger partial charge in [-0.25, -0.2) is 4.39 Å². The first-order valence-corrected chi connectivity index (χ1v) is 10.0. The minimum Gasteiger partial charge on any atom is -0.493 e. The van der Waals surface area contributed by atoms with Crippen LogP contribution in [0.15, 0.2) is 71.2 Å². The number of hydrogen-bond acceptors (Lipinski definition) is 3. The van der Waals surface area contributed by atoms with Gasteiger partial charge in [-0.15, -0.1) is 0 Å². The Bertz CT molecular complexity index is 1080. The molecule has 3 rings (SSSR count). The topological polar surface area (TPSA) is 47.6 Å². The summed E-state index contributed by atoms with van der Waals surface area (Å²) in [4.78, 5) is 12.2. The first-order valence-electron chi connectivity index (χ1n) is 9.25. The number of amides is 1. The molecule has 1 amide bonds.